The Morgan fingerprint density at radius 2 is 2.12 bits per heavy atom. The molecule has 86 valence electrons. The minimum Gasteiger partial charge on any atom is -0.468 e. The second-order valence-electron chi connectivity index (χ2n) is 4.11. The van der Waals surface area contributed by atoms with Crippen LogP contribution in [0.2, 0.25) is 0 Å². The average molecular weight is 219 g/mol. The van der Waals surface area contributed by atoms with Crippen LogP contribution in [0.15, 0.2) is 30.3 Å². The molecule has 1 saturated heterocycles. The fourth-order valence-corrected chi connectivity index (χ4v) is 2.32. The highest BCUT2D eigenvalue weighted by atomic mass is 16.5. The van der Waals surface area contributed by atoms with Gasteiger partial charge in [0.2, 0.25) is 0 Å². The van der Waals surface area contributed by atoms with Crippen LogP contribution in [0.3, 0.4) is 0 Å². The largest absolute Gasteiger partial charge is 0.468 e. The zero-order valence-corrected chi connectivity index (χ0v) is 9.48. The first-order valence-electron chi connectivity index (χ1n) is 5.69. The number of rotatable bonds is 2. The molecule has 0 aliphatic carbocycles. The van der Waals surface area contributed by atoms with Gasteiger partial charge in [-0.2, -0.15) is 0 Å². The Balaban J connectivity index is 2.20. The normalized spacial score (nSPS) is 25.1. The van der Waals surface area contributed by atoms with E-state index in [9.17, 15) is 4.79 Å². The van der Waals surface area contributed by atoms with Gasteiger partial charge in [0.15, 0.2) is 0 Å². The summed E-state index contributed by atoms with van der Waals surface area (Å²) in [6, 6.07) is 9.98. The molecule has 0 saturated carbocycles. The van der Waals surface area contributed by atoms with Crippen molar-refractivity contribution in [2.45, 2.75) is 24.8 Å². The van der Waals surface area contributed by atoms with E-state index < -0.39 is 0 Å². The maximum atomic E-state index is 11.7. The van der Waals surface area contributed by atoms with E-state index in [0.717, 1.165) is 19.4 Å². The van der Waals surface area contributed by atoms with Gasteiger partial charge in [-0.1, -0.05) is 30.3 Å². The van der Waals surface area contributed by atoms with Crippen molar-refractivity contribution in [3.8, 4) is 0 Å². The molecule has 1 aliphatic rings. The van der Waals surface area contributed by atoms with Gasteiger partial charge in [0.05, 0.1) is 7.11 Å². The van der Waals surface area contributed by atoms with Crippen LogP contribution in [0.1, 0.15) is 24.3 Å². The van der Waals surface area contributed by atoms with E-state index >= 15 is 0 Å². The van der Waals surface area contributed by atoms with Crippen molar-refractivity contribution >= 4 is 5.97 Å². The van der Waals surface area contributed by atoms with Crippen molar-refractivity contribution in [3.05, 3.63) is 35.9 Å². The molecule has 2 rings (SSSR count). The molecule has 0 bridgehead atoms. The van der Waals surface area contributed by atoms with Gasteiger partial charge in [-0.3, -0.25) is 4.79 Å². The molecule has 3 nitrogen and oxygen atoms in total. The molecular formula is C13H17NO2. The van der Waals surface area contributed by atoms with Crippen LogP contribution < -0.4 is 5.32 Å². The van der Waals surface area contributed by atoms with Crippen LogP contribution in [-0.4, -0.2) is 25.7 Å². The van der Waals surface area contributed by atoms with Gasteiger partial charge in [-0.05, 0) is 24.9 Å². The van der Waals surface area contributed by atoms with E-state index in [4.69, 9.17) is 4.74 Å². The summed E-state index contributed by atoms with van der Waals surface area (Å²) in [5.41, 5.74) is 1.21. The first kappa shape index (κ1) is 11.1. The van der Waals surface area contributed by atoms with E-state index in [2.05, 4.69) is 17.4 Å². The summed E-state index contributed by atoms with van der Waals surface area (Å²) in [5.74, 6) is 0.0796. The molecule has 1 N–H and O–H groups in total. The van der Waals surface area contributed by atoms with Crippen molar-refractivity contribution in [1.82, 2.24) is 5.32 Å². The van der Waals surface area contributed by atoms with Gasteiger partial charge in [0.1, 0.15) is 6.04 Å². The first-order valence-corrected chi connectivity index (χ1v) is 5.69. The number of hydrogen-bond donors (Lipinski definition) is 1. The third-order valence-electron chi connectivity index (χ3n) is 3.14. The molecule has 0 spiro atoms. The van der Waals surface area contributed by atoms with Crippen LogP contribution in [0, 0.1) is 0 Å². The predicted octanol–water partition coefficient (Wildman–Crippen LogP) is 1.70. The van der Waals surface area contributed by atoms with Crippen molar-refractivity contribution in [2.24, 2.45) is 0 Å². The Labute approximate surface area is 95.8 Å². The highest BCUT2D eigenvalue weighted by Gasteiger charge is 2.32. The standard InChI is InChI=1S/C13H17NO2/c1-16-13(15)12-11(8-5-9-14-12)10-6-3-2-4-7-10/h2-4,6-7,11-12,14H,5,8-9H2,1H3/t11-,12-/m1/s1. The van der Waals surface area contributed by atoms with Gasteiger partial charge < -0.3 is 10.1 Å². The van der Waals surface area contributed by atoms with Crippen LogP contribution in [0.4, 0.5) is 0 Å². The molecule has 0 amide bonds. The summed E-state index contributed by atoms with van der Waals surface area (Å²) in [6.45, 7) is 0.892. The fourth-order valence-electron chi connectivity index (χ4n) is 2.32. The topological polar surface area (TPSA) is 38.3 Å². The molecule has 0 unspecified atom stereocenters. The summed E-state index contributed by atoms with van der Waals surface area (Å²) in [5, 5.41) is 3.24. The second kappa shape index (κ2) is 5.12. The quantitative estimate of drug-likeness (QED) is 0.769. The van der Waals surface area contributed by atoms with Crippen LogP contribution in [0.25, 0.3) is 0 Å². The maximum Gasteiger partial charge on any atom is 0.323 e. The maximum absolute atomic E-state index is 11.7. The van der Waals surface area contributed by atoms with E-state index in [-0.39, 0.29) is 17.9 Å². The Bertz CT molecular complexity index is 350. The lowest BCUT2D eigenvalue weighted by molar-refractivity contribution is -0.144. The zero-order valence-electron chi connectivity index (χ0n) is 9.48. The second-order valence-corrected chi connectivity index (χ2v) is 4.11. The summed E-state index contributed by atoms with van der Waals surface area (Å²) < 4.78 is 4.84. The molecule has 2 atom stereocenters. The number of nitrogens with one attached hydrogen (secondary N) is 1. The highest BCUT2D eigenvalue weighted by molar-refractivity contribution is 5.77. The number of benzene rings is 1. The van der Waals surface area contributed by atoms with Gasteiger partial charge in [0.25, 0.3) is 0 Å². The highest BCUT2D eigenvalue weighted by Crippen LogP contribution is 2.28. The van der Waals surface area contributed by atoms with E-state index in [1.165, 1.54) is 12.7 Å². The molecule has 0 aromatic heterocycles. The molecule has 1 aliphatic heterocycles. The molecule has 16 heavy (non-hydrogen) atoms. The number of carbonyl (C=O) groups excluding carboxylic acids is 1. The van der Waals surface area contributed by atoms with Gasteiger partial charge >= 0.3 is 5.97 Å². The number of hydrogen-bond acceptors (Lipinski definition) is 3. The van der Waals surface area contributed by atoms with Crippen molar-refractivity contribution < 1.29 is 9.53 Å². The smallest absolute Gasteiger partial charge is 0.323 e. The number of carbonyl (C=O) groups is 1. The van der Waals surface area contributed by atoms with Crippen LogP contribution in [0.5, 0.6) is 0 Å². The third kappa shape index (κ3) is 2.25. The molecule has 0 radical (unpaired) electrons. The van der Waals surface area contributed by atoms with Crippen LogP contribution in [-0.2, 0) is 9.53 Å². The van der Waals surface area contributed by atoms with Crippen molar-refractivity contribution in [3.63, 3.8) is 0 Å². The van der Waals surface area contributed by atoms with E-state index in [0.29, 0.717) is 0 Å². The fraction of sp³-hybridized carbons (Fsp3) is 0.462. The molecule has 1 fully saturated rings. The lowest BCUT2D eigenvalue weighted by Gasteiger charge is -2.30. The summed E-state index contributed by atoms with van der Waals surface area (Å²) >= 11 is 0. The Kier molecular flexibility index (Phi) is 3.57. The number of piperidine rings is 1. The minimum absolute atomic E-state index is 0.159. The Hall–Kier alpha value is -1.35. The van der Waals surface area contributed by atoms with Gasteiger partial charge in [0, 0.05) is 5.92 Å². The number of methoxy groups -OCH3 is 1. The Morgan fingerprint density at radius 1 is 1.38 bits per heavy atom. The van der Waals surface area contributed by atoms with Crippen molar-refractivity contribution in [1.29, 1.82) is 0 Å². The summed E-state index contributed by atoms with van der Waals surface area (Å²) in [4.78, 5) is 11.7. The third-order valence-corrected chi connectivity index (χ3v) is 3.14. The first-order chi connectivity index (χ1) is 7.83. The van der Waals surface area contributed by atoms with Gasteiger partial charge in [-0.25, -0.2) is 0 Å². The minimum atomic E-state index is -0.193. The summed E-state index contributed by atoms with van der Waals surface area (Å²) in [6.07, 6.45) is 2.14. The zero-order chi connectivity index (χ0) is 11.4. The lowest BCUT2D eigenvalue weighted by Crippen LogP contribution is -2.46. The molecule has 1 aromatic carbocycles. The number of ether oxygens (including phenoxy) is 1. The SMILES string of the molecule is COC(=O)[C@@H]1NCCC[C@@H]1c1ccccc1. The number of esters is 1. The van der Waals surface area contributed by atoms with Crippen LogP contribution >= 0.6 is 0 Å². The molecular weight excluding hydrogens is 202 g/mol. The Morgan fingerprint density at radius 3 is 2.81 bits per heavy atom. The molecule has 3 heteroatoms. The average Bonchev–Trinajstić information content (AvgIpc) is 2.39. The van der Waals surface area contributed by atoms with Crippen molar-refractivity contribution in [2.75, 3.05) is 13.7 Å². The summed E-state index contributed by atoms with van der Waals surface area (Å²) in [7, 11) is 1.45. The monoisotopic (exact) mass is 219 g/mol. The van der Waals surface area contributed by atoms with E-state index in [1.807, 2.05) is 18.2 Å². The predicted molar refractivity (Wildman–Crippen MR) is 62.2 cm³/mol. The van der Waals surface area contributed by atoms with E-state index in [1.54, 1.807) is 0 Å². The lowest BCUT2D eigenvalue weighted by atomic mass is 9.85. The van der Waals surface area contributed by atoms with Gasteiger partial charge in [-0.15, -0.1) is 0 Å². The molecule has 1 aromatic rings. The molecule has 1 heterocycles.